The van der Waals surface area contributed by atoms with E-state index in [4.69, 9.17) is 15.1 Å². The summed E-state index contributed by atoms with van der Waals surface area (Å²) in [5.41, 5.74) is -1.14. The zero-order valence-electron chi connectivity index (χ0n) is 32.0. The Morgan fingerprint density at radius 1 is 0.833 bits per heavy atom. The Hall–Kier alpha value is -4.14. The maximum absolute atomic E-state index is 13.9. The number of nitrogens with zero attached hydrogens (tertiary/aromatic N) is 6. The average molecular weight is 763 g/mol. The molecule has 6 rings (SSSR count). The molecule has 54 heavy (non-hydrogen) atoms. The van der Waals surface area contributed by atoms with Gasteiger partial charge in [-0.25, -0.2) is 15.0 Å². The third-order valence-electron chi connectivity index (χ3n) is 9.29. The molecule has 0 bridgehead atoms. The number of alkyl halides is 6. The third-order valence-corrected chi connectivity index (χ3v) is 9.29. The number of ether oxygens (including phenoxy) is 1. The summed E-state index contributed by atoms with van der Waals surface area (Å²) in [6.07, 6.45) is -2.34. The van der Waals surface area contributed by atoms with E-state index in [1.165, 1.54) is 0 Å². The molecule has 296 valence electrons. The molecule has 3 aliphatic rings. The molecular weight excluding hydrogens is 710 g/mol. The highest BCUT2D eigenvalue weighted by Crippen LogP contribution is 2.40. The normalized spacial score (nSPS) is 16.4. The van der Waals surface area contributed by atoms with Crippen molar-refractivity contribution in [3.63, 3.8) is 0 Å². The molecule has 1 saturated heterocycles. The zero-order valence-corrected chi connectivity index (χ0v) is 32.0. The van der Waals surface area contributed by atoms with Crippen LogP contribution >= 0.6 is 0 Å². The van der Waals surface area contributed by atoms with Gasteiger partial charge in [-0.2, -0.15) is 26.3 Å². The number of benzene rings is 1. The van der Waals surface area contributed by atoms with Crippen LogP contribution in [-0.2, 0) is 30.2 Å². The van der Waals surface area contributed by atoms with Gasteiger partial charge in [0.2, 0.25) is 5.95 Å². The first-order chi connectivity index (χ1) is 25.4. The van der Waals surface area contributed by atoms with Crippen LogP contribution in [0.5, 0.6) is 0 Å². The van der Waals surface area contributed by atoms with Crippen molar-refractivity contribution in [3.05, 3.63) is 64.5 Å². The van der Waals surface area contributed by atoms with Crippen LogP contribution < -0.4 is 20.0 Å². The molecule has 9 nitrogen and oxygen atoms in total. The topological polar surface area (TPSA) is 93.5 Å². The molecule has 2 saturated carbocycles. The van der Waals surface area contributed by atoms with Gasteiger partial charge in [-0.3, -0.25) is 0 Å². The zero-order chi connectivity index (χ0) is 39.4. The largest absolute Gasteiger partial charge is 0.416 e. The van der Waals surface area contributed by atoms with E-state index in [0.717, 1.165) is 56.6 Å². The molecule has 2 aromatic heterocycles. The van der Waals surface area contributed by atoms with Crippen molar-refractivity contribution in [2.75, 3.05) is 59.4 Å². The number of rotatable bonds is 13. The molecule has 0 radical (unpaired) electrons. The maximum atomic E-state index is 13.9. The molecule has 2 N–H and O–H groups in total. The van der Waals surface area contributed by atoms with Crippen LogP contribution in [0.2, 0.25) is 0 Å². The number of anilines is 4. The van der Waals surface area contributed by atoms with Gasteiger partial charge in [0.05, 0.1) is 42.4 Å². The summed E-state index contributed by atoms with van der Waals surface area (Å²) >= 11 is 0. The van der Waals surface area contributed by atoms with E-state index in [1.54, 1.807) is 24.2 Å². The predicted molar refractivity (Wildman–Crippen MR) is 201 cm³/mol. The number of aromatic nitrogens is 3. The molecule has 15 heteroatoms. The minimum atomic E-state index is -4.99. The SMILES string of the molecule is CC.CC(=N)c1cc(CN(Cc2cc(C(F)(F)F)cc(C(F)(F)F)c2)c2ncc(N3CCOCC3)cn2)c(N(CC2CC2)CC2CC2)nc1NC(C)(C)C. The fourth-order valence-electron chi connectivity index (χ4n) is 6.34. The summed E-state index contributed by atoms with van der Waals surface area (Å²) in [7, 11) is 0. The molecule has 0 spiro atoms. The van der Waals surface area contributed by atoms with Gasteiger partial charge in [0.1, 0.15) is 11.6 Å². The van der Waals surface area contributed by atoms with Gasteiger partial charge in [0, 0.05) is 61.6 Å². The average Bonchev–Trinajstić information content (AvgIpc) is 4.06. The molecule has 3 heterocycles. The second-order valence-corrected chi connectivity index (χ2v) is 15.3. The van der Waals surface area contributed by atoms with Crippen LogP contribution in [0.4, 0.5) is 49.6 Å². The Morgan fingerprint density at radius 3 is 1.83 bits per heavy atom. The lowest BCUT2D eigenvalue weighted by atomic mass is 10.0. The van der Waals surface area contributed by atoms with Gasteiger partial charge < -0.3 is 30.2 Å². The fraction of sp³-hybridized carbons (Fsp3) is 0.590. The highest BCUT2D eigenvalue weighted by atomic mass is 19.4. The molecule has 0 unspecified atom stereocenters. The van der Waals surface area contributed by atoms with E-state index >= 15 is 0 Å². The van der Waals surface area contributed by atoms with Gasteiger partial charge in [0.15, 0.2) is 0 Å². The molecule has 0 amide bonds. The molecular formula is C39H52F6N8O. The smallest absolute Gasteiger partial charge is 0.378 e. The maximum Gasteiger partial charge on any atom is 0.416 e. The standard InChI is InChI=1S/C37H46F6N8O.C2H6/c1-23(44)31-15-27(33(47-32(31)48-35(2,3)4)50(19-24-5-6-24)20-25-7-8-25)22-51(34-45-17-30(18-46-34)49-9-11-52-12-10-49)21-26-13-28(36(38,39)40)16-29(14-26)37(41,42)43;1-2/h13-18,24-25,44H,5-12,19-22H2,1-4H3,(H,47,48);1-2H3. The Bertz CT molecular complexity index is 1680. The number of hydrogen-bond donors (Lipinski definition) is 2. The summed E-state index contributed by atoms with van der Waals surface area (Å²) in [6.45, 7) is 15.2. The molecule has 0 atom stereocenters. The van der Waals surface area contributed by atoms with E-state index in [1.807, 2.05) is 40.7 Å². The number of morpholine rings is 1. The Labute approximate surface area is 314 Å². The summed E-state index contributed by atoms with van der Waals surface area (Å²) in [4.78, 5) is 20.3. The van der Waals surface area contributed by atoms with Crippen LogP contribution in [0.3, 0.4) is 0 Å². The van der Waals surface area contributed by atoms with E-state index in [2.05, 4.69) is 25.1 Å². The Kier molecular flexibility index (Phi) is 12.7. The lowest BCUT2D eigenvalue weighted by Gasteiger charge is -2.32. The van der Waals surface area contributed by atoms with Gasteiger partial charge in [-0.15, -0.1) is 0 Å². The molecule has 3 aromatic rings. The highest BCUT2D eigenvalue weighted by molar-refractivity contribution is 6.01. The molecule has 2 aliphatic carbocycles. The van der Waals surface area contributed by atoms with Crippen LogP contribution in [0.1, 0.15) is 95.0 Å². The molecule has 1 aliphatic heterocycles. The van der Waals surface area contributed by atoms with Gasteiger partial charge in [-0.1, -0.05) is 13.8 Å². The van der Waals surface area contributed by atoms with Crippen molar-refractivity contribution in [1.29, 1.82) is 5.41 Å². The third kappa shape index (κ3) is 11.2. The Balaban J connectivity index is 0.00000276. The van der Waals surface area contributed by atoms with Crippen molar-refractivity contribution in [2.45, 2.75) is 98.2 Å². The minimum Gasteiger partial charge on any atom is -0.378 e. The Morgan fingerprint density at radius 2 is 1.37 bits per heavy atom. The summed E-state index contributed by atoms with van der Waals surface area (Å²) in [5.74, 6) is 2.37. The number of nitrogens with one attached hydrogen (secondary N) is 2. The monoisotopic (exact) mass is 762 g/mol. The van der Waals surface area contributed by atoms with Gasteiger partial charge in [0.25, 0.3) is 0 Å². The summed E-state index contributed by atoms with van der Waals surface area (Å²) in [6, 6.07) is 3.50. The van der Waals surface area contributed by atoms with E-state index in [-0.39, 0.29) is 41.9 Å². The van der Waals surface area contributed by atoms with E-state index in [0.29, 0.717) is 60.9 Å². The minimum absolute atomic E-state index is 0.0126. The van der Waals surface area contributed by atoms with Crippen LogP contribution in [0, 0.1) is 17.2 Å². The lowest BCUT2D eigenvalue weighted by molar-refractivity contribution is -0.143. The van der Waals surface area contributed by atoms with Crippen molar-refractivity contribution < 1.29 is 31.1 Å². The first-order valence-corrected chi connectivity index (χ1v) is 18.7. The number of pyridine rings is 1. The van der Waals surface area contributed by atoms with E-state index < -0.39 is 23.5 Å². The quantitative estimate of drug-likeness (QED) is 0.132. The first kappa shape index (κ1) is 41.0. The van der Waals surface area contributed by atoms with E-state index in [9.17, 15) is 26.3 Å². The van der Waals surface area contributed by atoms with Crippen molar-refractivity contribution in [3.8, 4) is 0 Å². The predicted octanol–water partition coefficient (Wildman–Crippen LogP) is 9.20. The fourth-order valence-corrected chi connectivity index (χ4v) is 6.34. The number of halogens is 6. The molecule has 1 aromatic carbocycles. The van der Waals surface area contributed by atoms with Crippen LogP contribution in [0.25, 0.3) is 0 Å². The second-order valence-electron chi connectivity index (χ2n) is 15.3. The first-order valence-electron chi connectivity index (χ1n) is 18.7. The van der Waals surface area contributed by atoms with Gasteiger partial charge in [-0.05, 0) is 95.0 Å². The second kappa shape index (κ2) is 16.7. The number of hydrogen-bond acceptors (Lipinski definition) is 9. The highest BCUT2D eigenvalue weighted by Gasteiger charge is 2.38. The van der Waals surface area contributed by atoms with Crippen molar-refractivity contribution in [2.24, 2.45) is 11.8 Å². The van der Waals surface area contributed by atoms with Gasteiger partial charge >= 0.3 is 12.4 Å². The summed E-state index contributed by atoms with van der Waals surface area (Å²) in [5, 5.41) is 12.1. The van der Waals surface area contributed by atoms with Crippen LogP contribution in [0.15, 0.2) is 36.7 Å². The lowest BCUT2D eigenvalue weighted by Crippen LogP contribution is -2.36. The van der Waals surface area contributed by atoms with Crippen LogP contribution in [-0.4, -0.2) is 65.6 Å². The van der Waals surface area contributed by atoms with Crippen molar-refractivity contribution in [1.82, 2.24) is 15.0 Å². The van der Waals surface area contributed by atoms with Crippen molar-refractivity contribution >= 4 is 29.0 Å². The molecule has 3 fully saturated rings. The summed E-state index contributed by atoms with van der Waals surface area (Å²) < 4.78 is 89.1.